The summed E-state index contributed by atoms with van der Waals surface area (Å²) in [4.78, 5) is 10.5. The van der Waals surface area contributed by atoms with E-state index in [0.29, 0.717) is 15.6 Å². The third-order valence-corrected chi connectivity index (χ3v) is 3.91. The van der Waals surface area contributed by atoms with Crippen LogP contribution in [0, 0.1) is 15.9 Å². The number of nitrogens with zero attached hydrogens (tertiary/aromatic N) is 1. The van der Waals surface area contributed by atoms with Crippen molar-refractivity contribution in [1.29, 1.82) is 0 Å². The summed E-state index contributed by atoms with van der Waals surface area (Å²) in [7, 11) is 0. The summed E-state index contributed by atoms with van der Waals surface area (Å²) in [5.41, 5.74) is 0.796. The van der Waals surface area contributed by atoms with Crippen LogP contribution in [0.5, 0.6) is 0 Å². The third kappa shape index (κ3) is 3.16. The lowest BCUT2D eigenvalue weighted by atomic mass is 10.0. The van der Waals surface area contributed by atoms with Gasteiger partial charge >= 0.3 is 0 Å². The van der Waals surface area contributed by atoms with E-state index in [-0.39, 0.29) is 12.1 Å². The maximum Gasteiger partial charge on any atom is 0.272 e. The Morgan fingerprint density at radius 2 is 1.95 bits per heavy atom. The second kappa shape index (κ2) is 6.33. The van der Waals surface area contributed by atoms with E-state index in [2.05, 4.69) is 15.9 Å². The molecule has 0 aliphatic heterocycles. The van der Waals surface area contributed by atoms with Crippen LogP contribution in [-0.2, 0) is 6.42 Å². The molecule has 3 nitrogen and oxygen atoms in total. The summed E-state index contributed by atoms with van der Waals surface area (Å²) in [6, 6.07) is 11.2. The molecule has 1 atom stereocenters. The van der Waals surface area contributed by atoms with Crippen molar-refractivity contribution in [2.45, 2.75) is 11.8 Å². The first-order valence-electron chi connectivity index (χ1n) is 5.81. The molecule has 0 radical (unpaired) electrons. The molecule has 0 heterocycles. The molecule has 2 aromatic rings. The average molecular weight is 359 g/mol. The number of hydrogen-bond acceptors (Lipinski definition) is 2. The predicted molar refractivity (Wildman–Crippen MR) is 79.5 cm³/mol. The Kier molecular flexibility index (Phi) is 4.73. The normalized spacial score (nSPS) is 12.2. The number of para-hydroxylation sites is 1. The van der Waals surface area contributed by atoms with Crippen LogP contribution < -0.4 is 0 Å². The molecule has 0 aliphatic rings. The second-order valence-corrected chi connectivity index (χ2v) is 5.58. The monoisotopic (exact) mass is 357 g/mol. The van der Waals surface area contributed by atoms with E-state index in [9.17, 15) is 14.5 Å². The highest BCUT2D eigenvalue weighted by Gasteiger charge is 2.20. The van der Waals surface area contributed by atoms with Gasteiger partial charge in [0.1, 0.15) is 5.82 Å². The molecule has 0 saturated carbocycles. The van der Waals surface area contributed by atoms with Gasteiger partial charge < -0.3 is 0 Å². The summed E-state index contributed by atoms with van der Waals surface area (Å²) in [5, 5.41) is 10.3. The van der Waals surface area contributed by atoms with Crippen LogP contribution in [0.4, 0.5) is 10.1 Å². The quantitative estimate of drug-likeness (QED) is 0.437. The number of alkyl halides is 1. The lowest BCUT2D eigenvalue weighted by Gasteiger charge is -2.12. The minimum atomic E-state index is -0.673. The van der Waals surface area contributed by atoms with Crippen molar-refractivity contribution in [2.75, 3.05) is 0 Å². The van der Waals surface area contributed by atoms with Crippen molar-refractivity contribution in [1.82, 2.24) is 0 Å². The Hall–Kier alpha value is -1.46. The molecule has 0 N–H and O–H groups in total. The van der Waals surface area contributed by atoms with E-state index in [1.54, 1.807) is 36.4 Å². The third-order valence-electron chi connectivity index (χ3n) is 2.91. The predicted octanol–water partition coefficient (Wildman–Crippen LogP) is 5.02. The first kappa shape index (κ1) is 14.9. The highest BCUT2D eigenvalue weighted by molar-refractivity contribution is 9.10. The molecule has 6 heteroatoms. The Bertz CT molecular complexity index is 651. The summed E-state index contributed by atoms with van der Waals surface area (Å²) in [5.74, 6) is -0.439. The molecule has 0 spiro atoms. The van der Waals surface area contributed by atoms with Crippen molar-refractivity contribution in [3.8, 4) is 0 Å². The standard InChI is InChI=1S/C14H10BrClFNO2/c15-11-6-3-5-10(14(11)17)12(16)8-9-4-1-2-7-13(9)18(19)20/h1-7,12H,8H2. The Morgan fingerprint density at radius 1 is 1.25 bits per heavy atom. The van der Waals surface area contributed by atoms with Crippen LogP contribution >= 0.6 is 27.5 Å². The first-order valence-corrected chi connectivity index (χ1v) is 7.04. The molecule has 0 amide bonds. The van der Waals surface area contributed by atoms with E-state index in [0.717, 1.165) is 0 Å². The zero-order chi connectivity index (χ0) is 14.7. The van der Waals surface area contributed by atoms with Gasteiger partial charge in [-0.3, -0.25) is 10.1 Å². The van der Waals surface area contributed by atoms with E-state index in [1.807, 2.05) is 0 Å². The summed E-state index contributed by atoms with van der Waals surface area (Å²) in [6.07, 6.45) is 0.187. The van der Waals surface area contributed by atoms with Gasteiger partial charge in [0, 0.05) is 17.2 Å². The van der Waals surface area contributed by atoms with Gasteiger partial charge in [-0.1, -0.05) is 30.3 Å². The average Bonchev–Trinajstić information content (AvgIpc) is 2.42. The Balaban J connectivity index is 2.30. The topological polar surface area (TPSA) is 43.1 Å². The molecule has 20 heavy (non-hydrogen) atoms. The van der Waals surface area contributed by atoms with Crippen LogP contribution in [-0.4, -0.2) is 4.92 Å². The van der Waals surface area contributed by atoms with Gasteiger partial charge in [-0.2, -0.15) is 0 Å². The number of nitro groups is 1. The van der Waals surface area contributed by atoms with Crippen molar-refractivity contribution in [3.05, 3.63) is 74.0 Å². The fourth-order valence-corrected chi connectivity index (χ4v) is 2.64. The van der Waals surface area contributed by atoms with Gasteiger partial charge in [0.15, 0.2) is 0 Å². The first-order chi connectivity index (χ1) is 9.50. The SMILES string of the molecule is O=[N+]([O-])c1ccccc1CC(Cl)c1cccc(Br)c1F. The maximum absolute atomic E-state index is 13.9. The Labute approximate surface area is 128 Å². The number of benzene rings is 2. The Morgan fingerprint density at radius 3 is 2.65 bits per heavy atom. The molecule has 0 saturated heterocycles. The highest BCUT2D eigenvalue weighted by atomic mass is 79.9. The van der Waals surface area contributed by atoms with E-state index in [1.165, 1.54) is 6.07 Å². The summed E-state index contributed by atoms with van der Waals surface area (Å²) >= 11 is 9.31. The summed E-state index contributed by atoms with van der Waals surface area (Å²) < 4.78 is 14.3. The molecule has 0 bridgehead atoms. The minimum absolute atomic E-state index is 0.00597. The van der Waals surface area contributed by atoms with Crippen LogP contribution in [0.2, 0.25) is 0 Å². The van der Waals surface area contributed by atoms with Gasteiger partial charge in [0.05, 0.1) is 14.8 Å². The number of hydrogen-bond donors (Lipinski definition) is 0. The molecular weight excluding hydrogens is 349 g/mol. The van der Waals surface area contributed by atoms with Crippen LogP contribution in [0.1, 0.15) is 16.5 Å². The molecular formula is C14H10BrClFNO2. The van der Waals surface area contributed by atoms with Gasteiger partial charge in [0.25, 0.3) is 5.69 Å². The lowest BCUT2D eigenvalue weighted by molar-refractivity contribution is -0.385. The van der Waals surface area contributed by atoms with Crippen molar-refractivity contribution in [2.24, 2.45) is 0 Å². The number of halogens is 3. The molecule has 2 aromatic carbocycles. The van der Waals surface area contributed by atoms with E-state index >= 15 is 0 Å². The molecule has 1 unspecified atom stereocenters. The summed E-state index contributed by atoms with van der Waals surface area (Å²) in [6.45, 7) is 0. The molecule has 2 rings (SSSR count). The van der Waals surface area contributed by atoms with Gasteiger partial charge in [-0.05, 0) is 28.4 Å². The fourth-order valence-electron chi connectivity index (χ4n) is 1.93. The van der Waals surface area contributed by atoms with E-state index < -0.39 is 16.1 Å². The van der Waals surface area contributed by atoms with Crippen molar-refractivity contribution in [3.63, 3.8) is 0 Å². The second-order valence-electron chi connectivity index (χ2n) is 4.20. The van der Waals surface area contributed by atoms with Crippen LogP contribution in [0.25, 0.3) is 0 Å². The van der Waals surface area contributed by atoms with Crippen molar-refractivity contribution >= 4 is 33.2 Å². The van der Waals surface area contributed by atoms with Gasteiger partial charge in [-0.15, -0.1) is 11.6 Å². The van der Waals surface area contributed by atoms with E-state index in [4.69, 9.17) is 11.6 Å². The molecule has 0 aromatic heterocycles. The van der Waals surface area contributed by atoms with Crippen LogP contribution in [0.15, 0.2) is 46.9 Å². The molecule has 0 aliphatic carbocycles. The number of rotatable bonds is 4. The van der Waals surface area contributed by atoms with Gasteiger partial charge in [0.2, 0.25) is 0 Å². The fraction of sp³-hybridized carbons (Fsp3) is 0.143. The number of nitro benzene ring substituents is 1. The molecule has 0 fully saturated rings. The minimum Gasteiger partial charge on any atom is -0.258 e. The van der Waals surface area contributed by atoms with Crippen molar-refractivity contribution < 1.29 is 9.31 Å². The van der Waals surface area contributed by atoms with Gasteiger partial charge in [-0.25, -0.2) is 4.39 Å². The smallest absolute Gasteiger partial charge is 0.258 e. The lowest BCUT2D eigenvalue weighted by Crippen LogP contribution is -2.02. The maximum atomic E-state index is 13.9. The zero-order valence-electron chi connectivity index (χ0n) is 10.2. The largest absolute Gasteiger partial charge is 0.272 e. The zero-order valence-corrected chi connectivity index (χ0v) is 12.6. The van der Waals surface area contributed by atoms with Crippen LogP contribution in [0.3, 0.4) is 0 Å². The molecule has 104 valence electrons. The highest BCUT2D eigenvalue weighted by Crippen LogP contribution is 2.32.